The summed E-state index contributed by atoms with van der Waals surface area (Å²) in [6.45, 7) is 3.96. The van der Waals surface area contributed by atoms with Gasteiger partial charge < -0.3 is 9.84 Å². The average Bonchev–Trinajstić information content (AvgIpc) is 2.83. The minimum absolute atomic E-state index is 0.134. The second kappa shape index (κ2) is 5.20. The van der Waals surface area contributed by atoms with Crippen LogP contribution in [0.4, 0.5) is 0 Å². The van der Waals surface area contributed by atoms with Gasteiger partial charge in [-0.25, -0.2) is 9.78 Å². The number of aromatic nitrogens is 1. The molecule has 0 amide bonds. The van der Waals surface area contributed by atoms with Gasteiger partial charge in [0.2, 0.25) is 5.88 Å². The number of fused-ring (bicyclic) bond motifs is 1. The van der Waals surface area contributed by atoms with Crippen molar-refractivity contribution in [2.24, 2.45) is 0 Å². The summed E-state index contributed by atoms with van der Waals surface area (Å²) >= 11 is 0. The van der Waals surface area contributed by atoms with Gasteiger partial charge in [0.05, 0.1) is 0 Å². The summed E-state index contributed by atoms with van der Waals surface area (Å²) < 4.78 is 5.77. The number of rotatable bonds is 3. The standard InChI is InChI=1S/C17H17NO3/c1-10-6-11(2)8-13(7-10)21-16-14(17(19)20)9-12-4-3-5-15(12)18-16/h6-9H,3-5H2,1-2H3,(H,19,20). The average molecular weight is 283 g/mol. The van der Waals surface area contributed by atoms with Crippen molar-refractivity contribution in [3.63, 3.8) is 0 Å². The van der Waals surface area contributed by atoms with Gasteiger partial charge in [-0.1, -0.05) is 6.07 Å². The van der Waals surface area contributed by atoms with Crippen molar-refractivity contribution in [1.29, 1.82) is 0 Å². The topological polar surface area (TPSA) is 59.4 Å². The van der Waals surface area contributed by atoms with Gasteiger partial charge in [0.1, 0.15) is 11.3 Å². The van der Waals surface area contributed by atoms with Crippen LogP contribution in [0.25, 0.3) is 0 Å². The van der Waals surface area contributed by atoms with Gasteiger partial charge in [-0.15, -0.1) is 0 Å². The van der Waals surface area contributed by atoms with E-state index >= 15 is 0 Å². The van der Waals surface area contributed by atoms with Crippen molar-refractivity contribution in [3.05, 3.63) is 52.2 Å². The molecule has 0 saturated heterocycles. The third kappa shape index (κ3) is 2.75. The van der Waals surface area contributed by atoms with Crippen molar-refractivity contribution >= 4 is 5.97 Å². The lowest BCUT2D eigenvalue weighted by Gasteiger charge is -2.11. The highest BCUT2D eigenvalue weighted by atomic mass is 16.5. The lowest BCUT2D eigenvalue weighted by atomic mass is 10.1. The molecule has 108 valence electrons. The molecule has 1 aliphatic carbocycles. The Bertz CT molecular complexity index is 702. The summed E-state index contributed by atoms with van der Waals surface area (Å²) in [5, 5.41) is 9.36. The van der Waals surface area contributed by atoms with Crippen LogP contribution in [0.2, 0.25) is 0 Å². The number of hydrogen-bond acceptors (Lipinski definition) is 3. The Hall–Kier alpha value is -2.36. The number of ether oxygens (including phenoxy) is 1. The molecule has 0 saturated carbocycles. The van der Waals surface area contributed by atoms with Crippen LogP contribution in [0, 0.1) is 13.8 Å². The molecule has 0 bridgehead atoms. The first-order valence-corrected chi connectivity index (χ1v) is 7.05. The molecule has 0 unspecified atom stereocenters. The molecule has 0 radical (unpaired) electrons. The Morgan fingerprint density at radius 1 is 1.14 bits per heavy atom. The van der Waals surface area contributed by atoms with Crippen LogP contribution >= 0.6 is 0 Å². The van der Waals surface area contributed by atoms with Gasteiger partial charge in [-0.2, -0.15) is 0 Å². The fourth-order valence-electron chi connectivity index (χ4n) is 2.79. The molecular weight excluding hydrogens is 266 g/mol. The summed E-state index contributed by atoms with van der Waals surface area (Å²) in [5.41, 5.74) is 4.26. The van der Waals surface area contributed by atoms with Crippen LogP contribution < -0.4 is 4.74 Å². The zero-order chi connectivity index (χ0) is 15.0. The van der Waals surface area contributed by atoms with E-state index in [1.165, 1.54) is 0 Å². The molecule has 4 nitrogen and oxygen atoms in total. The summed E-state index contributed by atoms with van der Waals surface area (Å²) in [4.78, 5) is 15.9. The van der Waals surface area contributed by atoms with E-state index in [0.29, 0.717) is 5.75 Å². The Labute approximate surface area is 123 Å². The van der Waals surface area contributed by atoms with Crippen LogP contribution in [-0.4, -0.2) is 16.1 Å². The van der Waals surface area contributed by atoms with E-state index in [2.05, 4.69) is 4.98 Å². The molecule has 3 rings (SSSR count). The normalized spacial score (nSPS) is 13.0. The molecule has 21 heavy (non-hydrogen) atoms. The summed E-state index contributed by atoms with van der Waals surface area (Å²) in [6, 6.07) is 7.51. The molecule has 0 fully saturated rings. The number of carboxylic acids is 1. The van der Waals surface area contributed by atoms with Crippen LogP contribution in [0.1, 0.15) is 39.2 Å². The van der Waals surface area contributed by atoms with Crippen molar-refractivity contribution < 1.29 is 14.6 Å². The maximum absolute atomic E-state index is 11.4. The van der Waals surface area contributed by atoms with E-state index < -0.39 is 5.97 Å². The molecule has 0 spiro atoms. The highest BCUT2D eigenvalue weighted by Gasteiger charge is 2.21. The maximum Gasteiger partial charge on any atom is 0.341 e. The second-order valence-electron chi connectivity index (χ2n) is 5.53. The minimum atomic E-state index is -1.00. The predicted molar refractivity (Wildman–Crippen MR) is 79.2 cm³/mol. The fourth-order valence-corrected chi connectivity index (χ4v) is 2.79. The summed E-state index contributed by atoms with van der Waals surface area (Å²) in [7, 11) is 0. The van der Waals surface area contributed by atoms with Gasteiger partial charge in [0.25, 0.3) is 0 Å². The van der Waals surface area contributed by atoms with Gasteiger partial charge >= 0.3 is 5.97 Å². The SMILES string of the molecule is Cc1cc(C)cc(Oc2nc3c(cc2C(=O)O)CCC3)c1. The van der Waals surface area contributed by atoms with E-state index in [1.54, 1.807) is 6.07 Å². The fraction of sp³-hybridized carbons (Fsp3) is 0.294. The minimum Gasteiger partial charge on any atom is -0.477 e. The number of pyridine rings is 1. The molecule has 1 aromatic carbocycles. The zero-order valence-corrected chi connectivity index (χ0v) is 12.1. The smallest absolute Gasteiger partial charge is 0.341 e. The number of aromatic carboxylic acids is 1. The van der Waals surface area contributed by atoms with Gasteiger partial charge in [-0.3, -0.25) is 0 Å². The van der Waals surface area contributed by atoms with Gasteiger partial charge in [-0.05, 0) is 68.0 Å². The van der Waals surface area contributed by atoms with E-state index in [0.717, 1.165) is 41.6 Å². The number of hydrogen-bond donors (Lipinski definition) is 1. The highest BCUT2D eigenvalue weighted by Crippen LogP contribution is 2.30. The van der Waals surface area contributed by atoms with E-state index in [1.807, 2.05) is 32.0 Å². The Balaban J connectivity index is 2.03. The number of aryl methyl sites for hydroxylation is 4. The molecule has 1 aromatic heterocycles. The molecule has 1 heterocycles. The van der Waals surface area contributed by atoms with Gasteiger partial charge in [0, 0.05) is 5.69 Å². The van der Waals surface area contributed by atoms with Crippen molar-refractivity contribution in [3.8, 4) is 11.6 Å². The largest absolute Gasteiger partial charge is 0.477 e. The Morgan fingerprint density at radius 3 is 2.52 bits per heavy atom. The number of carboxylic acid groups (broad SMARTS) is 1. The zero-order valence-electron chi connectivity index (χ0n) is 12.1. The molecule has 1 aliphatic rings. The Morgan fingerprint density at radius 2 is 1.86 bits per heavy atom. The molecule has 1 N–H and O–H groups in total. The first-order chi connectivity index (χ1) is 10.0. The molecule has 2 aromatic rings. The monoisotopic (exact) mass is 283 g/mol. The van der Waals surface area contributed by atoms with Crippen LogP contribution in [-0.2, 0) is 12.8 Å². The lowest BCUT2D eigenvalue weighted by Crippen LogP contribution is -2.05. The van der Waals surface area contributed by atoms with Crippen molar-refractivity contribution in [2.45, 2.75) is 33.1 Å². The van der Waals surface area contributed by atoms with E-state index in [4.69, 9.17) is 4.74 Å². The summed E-state index contributed by atoms with van der Waals surface area (Å²) in [6.07, 6.45) is 2.80. The first-order valence-electron chi connectivity index (χ1n) is 7.05. The highest BCUT2D eigenvalue weighted by molar-refractivity contribution is 5.90. The maximum atomic E-state index is 11.4. The predicted octanol–water partition coefficient (Wildman–Crippen LogP) is 3.68. The Kier molecular flexibility index (Phi) is 3.37. The van der Waals surface area contributed by atoms with E-state index in [9.17, 15) is 9.90 Å². The van der Waals surface area contributed by atoms with Crippen LogP contribution in [0.5, 0.6) is 11.6 Å². The quantitative estimate of drug-likeness (QED) is 0.933. The van der Waals surface area contributed by atoms with Crippen molar-refractivity contribution in [2.75, 3.05) is 0 Å². The molecular formula is C17H17NO3. The van der Waals surface area contributed by atoms with Crippen LogP contribution in [0.3, 0.4) is 0 Å². The van der Waals surface area contributed by atoms with E-state index in [-0.39, 0.29) is 11.4 Å². The number of nitrogens with zero attached hydrogens (tertiary/aromatic N) is 1. The van der Waals surface area contributed by atoms with Crippen LogP contribution in [0.15, 0.2) is 24.3 Å². The molecule has 0 aliphatic heterocycles. The second-order valence-corrected chi connectivity index (χ2v) is 5.53. The third-order valence-corrected chi connectivity index (χ3v) is 3.66. The number of benzene rings is 1. The lowest BCUT2D eigenvalue weighted by molar-refractivity contribution is 0.0693. The molecule has 4 heteroatoms. The first kappa shape index (κ1) is 13.6. The van der Waals surface area contributed by atoms with Crippen molar-refractivity contribution in [1.82, 2.24) is 4.98 Å². The third-order valence-electron chi connectivity index (χ3n) is 3.66. The number of carbonyl (C=O) groups is 1. The molecule has 0 atom stereocenters. The summed E-state index contributed by atoms with van der Waals surface area (Å²) in [5.74, 6) is -0.190. The van der Waals surface area contributed by atoms with Gasteiger partial charge in [0.15, 0.2) is 0 Å².